The Morgan fingerprint density at radius 1 is 0.486 bits per heavy atom. The fourth-order valence-corrected chi connectivity index (χ4v) is 10.3. The molecule has 1 aliphatic carbocycles. The Kier molecular flexibility index (Phi) is 6.89. The molecule has 0 radical (unpaired) electrons. The molecule has 0 amide bonds. The first kappa shape index (κ1) is 25.2. The predicted octanol–water partition coefficient (Wildman–Crippen LogP) is 9.19. The molecule has 1 N–H and O–H groups in total. The number of benzene rings is 4. The smallest absolute Gasteiger partial charge is 0.131 e. The molecule has 0 bridgehead atoms. The molecule has 4 aromatic rings. The zero-order valence-corrected chi connectivity index (χ0v) is 23.6. The van der Waals surface area contributed by atoms with E-state index in [4.69, 9.17) is 0 Å². The van der Waals surface area contributed by atoms with Crippen LogP contribution >= 0.6 is 0 Å². The van der Waals surface area contributed by atoms with E-state index in [1.54, 1.807) is 0 Å². The molecule has 0 unspecified atom stereocenters. The lowest BCUT2D eigenvalue weighted by molar-refractivity contribution is 0.511. The van der Waals surface area contributed by atoms with E-state index in [9.17, 15) is 0 Å². The molecule has 1 nitrogen and oxygen atoms in total. The van der Waals surface area contributed by atoms with Crippen LogP contribution in [0, 0.1) is 0 Å². The molecule has 186 valence electrons. The van der Waals surface area contributed by atoms with Crippen LogP contribution in [-0.2, 0) is 0 Å². The Morgan fingerprint density at radius 3 is 1.08 bits per heavy atom. The molecule has 0 fully saturated rings. The van der Waals surface area contributed by atoms with Crippen molar-refractivity contribution in [2.24, 2.45) is 0 Å². The molecule has 2 heteroatoms. The predicted molar refractivity (Wildman–Crippen MR) is 164 cm³/mol. The lowest BCUT2D eigenvalue weighted by Crippen LogP contribution is -2.57. The fraction of sp³-hybridized carbons (Fsp3) is 0.200. The van der Waals surface area contributed by atoms with Crippen LogP contribution < -0.4 is 4.98 Å². The number of allylic oxidation sites excluding steroid dienone is 4. The summed E-state index contributed by atoms with van der Waals surface area (Å²) in [4.78, 5) is 4.15. The Morgan fingerprint density at radius 2 is 0.784 bits per heavy atom. The van der Waals surface area contributed by atoms with Crippen LogP contribution in [0.5, 0.6) is 0 Å². The van der Waals surface area contributed by atoms with Crippen molar-refractivity contribution < 1.29 is 0 Å². The van der Waals surface area contributed by atoms with E-state index in [0.717, 1.165) is 0 Å². The number of hydrogen-bond donors (Lipinski definition) is 1. The van der Waals surface area contributed by atoms with Crippen LogP contribution in [0.3, 0.4) is 0 Å². The van der Waals surface area contributed by atoms with Gasteiger partial charge >= 0.3 is 0 Å². The molecule has 4 aromatic carbocycles. The van der Waals surface area contributed by atoms with Gasteiger partial charge in [-0.3, -0.25) is 0 Å². The van der Waals surface area contributed by atoms with Crippen molar-refractivity contribution in [2.45, 2.75) is 44.9 Å². The summed E-state index contributed by atoms with van der Waals surface area (Å²) >= 11 is 0. The average molecular weight is 500 g/mol. The normalized spacial score (nSPS) is 14.9. The highest BCUT2D eigenvalue weighted by atomic mass is 28.3. The van der Waals surface area contributed by atoms with Gasteiger partial charge in [0.1, 0.15) is 8.24 Å². The van der Waals surface area contributed by atoms with Gasteiger partial charge in [-0.05, 0) is 65.3 Å². The highest BCUT2D eigenvalue weighted by molar-refractivity contribution is 6.81. The van der Waals surface area contributed by atoms with Gasteiger partial charge in [-0.1, -0.05) is 134 Å². The van der Waals surface area contributed by atoms with E-state index in [1.165, 1.54) is 44.5 Å². The Bertz CT molecular complexity index is 1310. The van der Waals surface area contributed by atoms with E-state index >= 15 is 0 Å². The van der Waals surface area contributed by atoms with Gasteiger partial charge in [-0.15, -0.1) is 0 Å². The van der Waals surface area contributed by atoms with Gasteiger partial charge in [0.05, 0.1) is 0 Å². The first-order chi connectivity index (χ1) is 17.8. The topological polar surface area (TPSA) is 12.0 Å². The maximum Gasteiger partial charge on any atom is 0.131 e. The average Bonchev–Trinajstić information content (AvgIpc) is 3.27. The molecule has 5 rings (SSSR count). The van der Waals surface area contributed by atoms with E-state index in [-0.39, 0.29) is 11.1 Å². The molecule has 0 atom stereocenters. The molecule has 0 spiro atoms. The maximum absolute atomic E-state index is 4.15. The summed E-state index contributed by atoms with van der Waals surface area (Å²) in [6.07, 6.45) is 0. The van der Waals surface area contributed by atoms with Crippen molar-refractivity contribution in [3.8, 4) is 0 Å². The van der Waals surface area contributed by atoms with Crippen molar-refractivity contribution in [2.75, 3.05) is 0 Å². The zero-order valence-electron chi connectivity index (χ0n) is 22.6. The summed E-state index contributed by atoms with van der Waals surface area (Å²) in [5, 5.41) is 0. The molecular weight excluding hydrogens is 462 g/mol. The summed E-state index contributed by atoms with van der Waals surface area (Å²) in [5.74, 6) is 0. The van der Waals surface area contributed by atoms with Crippen molar-refractivity contribution in [1.29, 1.82) is 0 Å². The number of nitrogens with one attached hydrogen (secondary N) is 1. The van der Waals surface area contributed by atoms with Crippen LogP contribution in [0.25, 0.3) is 22.3 Å². The second kappa shape index (κ2) is 10.1. The van der Waals surface area contributed by atoms with Crippen molar-refractivity contribution >= 4 is 30.5 Å². The van der Waals surface area contributed by atoms with Crippen LogP contribution in [0.2, 0.25) is 18.6 Å². The van der Waals surface area contributed by atoms with Gasteiger partial charge in [-0.2, -0.15) is 0 Å². The minimum atomic E-state index is -2.11. The highest BCUT2D eigenvalue weighted by Gasteiger charge is 2.46. The molecule has 0 aromatic heterocycles. The molecule has 1 aliphatic rings. The fourth-order valence-electron chi connectivity index (χ4n) is 6.13. The maximum atomic E-state index is 4.15. The Balaban J connectivity index is 1.93. The van der Waals surface area contributed by atoms with Crippen molar-refractivity contribution in [3.05, 3.63) is 144 Å². The van der Waals surface area contributed by atoms with Gasteiger partial charge in [0.2, 0.25) is 0 Å². The standard InChI is InChI=1S/C35H37NSi/c1-35(2,3)36-37(4,5)34-32(28-22-14-8-15-23-28)30(26-18-10-6-11-19-26)31(27-20-12-7-13-21-27)33(34)29-24-16-9-17-25-29/h6-25,34,36H,1-5H3. The van der Waals surface area contributed by atoms with Gasteiger partial charge in [0.25, 0.3) is 0 Å². The minimum absolute atomic E-state index is 0.0156. The summed E-state index contributed by atoms with van der Waals surface area (Å²) < 4.78 is 0. The van der Waals surface area contributed by atoms with Crippen molar-refractivity contribution in [3.63, 3.8) is 0 Å². The third-order valence-electron chi connectivity index (χ3n) is 7.08. The molecule has 0 aliphatic heterocycles. The highest BCUT2D eigenvalue weighted by Crippen LogP contribution is 2.60. The van der Waals surface area contributed by atoms with Gasteiger partial charge < -0.3 is 4.98 Å². The summed E-state index contributed by atoms with van der Waals surface area (Å²) in [7, 11) is -2.11. The van der Waals surface area contributed by atoms with Gasteiger partial charge in [-0.25, -0.2) is 0 Å². The molecular formula is C35H37NSi. The van der Waals surface area contributed by atoms with Crippen LogP contribution in [0.1, 0.15) is 43.0 Å². The van der Waals surface area contributed by atoms with Crippen LogP contribution in [0.4, 0.5) is 0 Å². The lowest BCUT2D eigenvalue weighted by atomic mass is 9.89. The van der Waals surface area contributed by atoms with E-state index in [0.29, 0.717) is 0 Å². The molecule has 37 heavy (non-hydrogen) atoms. The molecule has 0 heterocycles. The largest absolute Gasteiger partial charge is 0.332 e. The summed E-state index contributed by atoms with van der Waals surface area (Å²) in [6, 6.07) is 44.1. The number of rotatable bonds is 6. The quantitative estimate of drug-likeness (QED) is 0.261. The third-order valence-corrected chi connectivity index (χ3v) is 10.5. The molecule has 0 saturated heterocycles. The zero-order chi connectivity index (χ0) is 26.0. The van der Waals surface area contributed by atoms with Gasteiger partial charge in [0.15, 0.2) is 0 Å². The van der Waals surface area contributed by atoms with Crippen molar-refractivity contribution in [1.82, 2.24) is 4.98 Å². The number of hydrogen-bond acceptors (Lipinski definition) is 1. The van der Waals surface area contributed by atoms with Crippen LogP contribution in [0.15, 0.2) is 121 Å². The summed E-state index contributed by atoms with van der Waals surface area (Å²) in [5.41, 5.74) is 11.0. The van der Waals surface area contributed by atoms with Crippen LogP contribution in [-0.4, -0.2) is 13.8 Å². The Hall–Kier alpha value is -3.46. The second-order valence-electron chi connectivity index (χ2n) is 11.6. The Labute approximate surface area is 223 Å². The van der Waals surface area contributed by atoms with E-state index in [2.05, 4.69) is 160 Å². The van der Waals surface area contributed by atoms with E-state index < -0.39 is 8.24 Å². The first-order valence-electron chi connectivity index (χ1n) is 13.3. The SMILES string of the molecule is CC(C)(C)N[Si](C)(C)C1C(c2ccccc2)=C(c2ccccc2)C(c2ccccc2)=C1c1ccccc1. The lowest BCUT2D eigenvalue weighted by Gasteiger charge is -2.40. The first-order valence-corrected chi connectivity index (χ1v) is 16.3. The second-order valence-corrected chi connectivity index (χ2v) is 15.8. The monoisotopic (exact) mass is 499 g/mol. The molecule has 0 saturated carbocycles. The van der Waals surface area contributed by atoms with E-state index in [1.807, 2.05) is 0 Å². The van der Waals surface area contributed by atoms with Gasteiger partial charge in [0, 0.05) is 11.1 Å². The summed E-state index contributed by atoms with van der Waals surface area (Å²) in [6.45, 7) is 11.9. The minimum Gasteiger partial charge on any atom is -0.332 e. The third kappa shape index (κ3) is 5.18.